The van der Waals surface area contributed by atoms with Crippen LogP contribution in [0.5, 0.6) is 0 Å². The highest BCUT2D eigenvalue weighted by Gasteiger charge is 2.31. The highest BCUT2D eigenvalue weighted by Crippen LogP contribution is 2.15. The molecular formula is C16H31F3N4O. The van der Waals surface area contributed by atoms with E-state index in [4.69, 9.17) is 0 Å². The van der Waals surface area contributed by atoms with Crippen LogP contribution in [0.3, 0.4) is 0 Å². The van der Waals surface area contributed by atoms with Crippen LogP contribution in [-0.2, 0) is 4.79 Å². The van der Waals surface area contributed by atoms with E-state index in [0.717, 1.165) is 39.3 Å². The van der Waals surface area contributed by atoms with Gasteiger partial charge < -0.3 is 15.5 Å². The number of hydrogen-bond acceptors (Lipinski definition) is 2. The molecule has 142 valence electrons. The number of rotatable bonds is 10. The van der Waals surface area contributed by atoms with Crippen molar-refractivity contribution < 1.29 is 18.0 Å². The summed E-state index contributed by atoms with van der Waals surface area (Å²) in [4.78, 5) is 16.4. The number of nitrogens with one attached hydrogen (secondary N) is 2. The average molecular weight is 352 g/mol. The first-order chi connectivity index (χ1) is 11.2. The minimum atomic E-state index is -4.39. The molecule has 0 saturated heterocycles. The topological polar surface area (TPSA) is 56.7 Å². The Morgan fingerprint density at radius 1 is 1.17 bits per heavy atom. The molecule has 0 aliphatic heterocycles. The quantitative estimate of drug-likeness (QED) is 0.470. The van der Waals surface area contributed by atoms with E-state index in [0.29, 0.717) is 16.8 Å². The fraction of sp³-hybridized carbons (Fsp3) is 0.875. The van der Waals surface area contributed by atoms with Crippen molar-refractivity contribution in [3.05, 3.63) is 0 Å². The molecule has 0 spiro atoms. The maximum atomic E-state index is 12.3. The van der Waals surface area contributed by atoms with Crippen LogP contribution in [0, 0.1) is 5.92 Å². The van der Waals surface area contributed by atoms with Crippen LogP contribution in [-0.4, -0.2) is 56.7 Å². The zero-order valence-corrected chi connectivity index (χ0v) is 15.2. The van der Waals surface area contributed by atoms with Gasteiger partial charge in [0.1, 0.15) is 6.54 Å². The molecule has 1 unspecified atom stereocenters. The van der Waals surface area contributed by atoms with Crippen molar-refractivity contribution in [2.24, 2.45) is 10.9 Å². The van der Waals surface area contributed by atoms with Crippen molar-refractivity contribution in [2.75, 3.05) is 33.7 Å². The Morgan fingerprint density at radius 3 is 2.33 bits per heavy atom. The summed E-state index contributed by atoms with van der Waals surface area (Å²) in [6.07, 6.45) is 1.25. The first-order valence-electron chi connectivity index (χ1n) is 8.48. The zero-order valence-electron chi connectivity index (χ0n) is 15.2. The number of carbonyl (C=O) groups excluding carboxylic acids is 1. The fourth-order valence-corrected chi connectivity index (χ4v) is 2.36. The SMILES string of the molecule is CCCCC(CCC)CNC(=NC)NCC(=O)N(C)CC(F)(F)F. The Kier molecular flexibility index (Phi) is 11.2. The number of halogens is 3. The second-order valence-corrected chi connectivity index (χ2v) is 5.97. The highest BCUT2D eigenvalue weighted by atomic mass is 19.4. The molecule has 0 saturated carbocycles. The van der Waals surface area contributed by atoms with Crippen molar-refractivity contribution in [3.63, 3.8) is 0 Å². The molecule has 8 heteroatoms. The van der Waals surface area contributed by atoms with Gasteiger partial charge in [-0.3, -0.25) is 9.79 Å². The normalized spacial score (nSPS) is 13.5. The zero-order chi connectivity index (χ0) is 18.6. The Morgan fingerprint density at radius 2 is 1.83 bits per heavy atom. The van der Waals surface area contributed by atoms with E-state index in [1.54, 1.807) is 7.05 Å². The van der Waals surface area contributed by atoms with E-state index in [-0.39, 0.29) is 6.54 Å². The monoisotopic (exact) mass is 352 g/mol. The third-order valence-corrected chi connectivity index (χ3v) is 3.69. The van der Waals surface area contributed by atoms with E-state index in [1.165, 1.54) is 6.42 Å². The van der Waals surface area contributed by atoms with Crippen LogP contribution in [0.2, 0.25) is 0 Å². The van der Waals surface area contributed by atoms with E-state index < -0.39 is 18.6 Å². The molecule has 1 atom stereocenters. The lowest BCUT2D eigenvalue weighted by Gasteiger charge is -2.21. The minimum absolute atomic E-state index is 0.223. The Hall–Kier alpha value is -1.47. The number of unbranched alkanes of at least 4 members (excludes halogenated alkanes) is 1. The predicted octanol–water partition coefficient (Wildman–Crippen LogP) is 2.78. The van der Waals surface area contributed by atoms with Crippen molar-refractivity contribution in [3.8, 4) is 0 Å². The number of guanidine groups is 1. The Bertz CT molecular complexity index is 386. The second-order valence-electron chi connectivity index (χ2n) is 5.97. The molecule has 0 rings (SSSR count). The molecule has 0 aliphatic carbocycles. The Balaban J connectivity index is 4.29. The van der Waals surface area contributed by atoms with Crippen LogP contribution >= 0.6 is 0 Å². The van der Waals surface area contributed by atoms with Crippen molar-refractivity contribution in [1.29, 1.82) is 0 Å². The first kappa shape index (κ1) is 22.5. The summed E-state index contributed by atoms with van der Waals surface area (Å²) in [5.41, 5.74) is 0. The fourth-order valence-electron chi connectivity index (χ4n) is 2.36. The van der Waals surface area contributed by atoms with Gasteiger partial charge >= 0.3 is 6.18 Å². The molecule has 5 nitrogen and oxygen atoms in total. The van der Waals surface area contributed by atoms with Gasteiger partial charge in [-0.15, -0.1) is 0 Å². The van der Waals surface area contributed by atoms with E-state index >= 15 is 0 Å². The average Bonchev–Trinajstić information content (AvgIpc) is 2.50. The second kappa shape index (κ2) is 12.0. The van der Waals surface area contributed by atoms with Gasteiger partial charge in [0.2, 0.25) is 5.91 Å². The minimum Gasteiger partial charge on any atom is -0.356 e. The molecule has 0 aromatic carbocycles. The van der Waals surface area contributed by atoms with Crippen LogP contribution < -0.4 is 10.6 Å². The molecule has 0 bridgehead atoms. The van der Waals surface area contributed by atoms with Gasteiger partial charge in [0, 0.05) is 20.6 Å². The molecule has 2 N–H and O–H groups in total. The van der Waals surface area contributed by atoms with Gasteiger partial charge in [-0.05, 0) is 18.8 Å². The number of alkyl halides is 3. The van der Waals surface area contributed by atoms with Gasteiger partial charge in [0.25, 0.3) is 0 Å². The number of nitrogens with zero attached hydrogens (tertiary/aromatic N) is 2. The van der Waals surface area contributed by atoms with Gasteiger partial charge in [-0.2, -0.15) is 13.2 Å². The molecule has 0 aromatic rings. The summed E-state index contributed by atoms with van der Waals surface area (Å²) in [6.45, 7) is 3.55. The van der Waals surface area contributed by atoms with Gasteiger partial charge in [0.05, 0.1) is 6.54 Å². The molecule has 0 fully saturated rings. The van der Waals surface area contributed by atoms with E-state index in [9.17, 15) is 18.0 Å². The van der Waals surface area contributed by atoms with Crippen LogP contribution in [0.4, 0.5) is 13.2 Å². The van der Waals surface area contributed by atoms with Crippen molar-refractivity contribution in [1.82, 2.24) is 15.5 Å². The molecule has 0 aliphatic rings. The summed E-state index contributed by atoms with van der Waals surface area (Å²) in [5.74, 6) is 0.324. The van der Waals surface area contributed by atoms with Crippen molar-refractivity contribution in [2.45, 2.75) is 52.1 Å². The van der Waals surface area contributed by atoms with E-state index in [1.807, 2.05) is 0 Å². The predicted molar refractivity (Wildman–Crippen MR) is 91.0 cm³/mol. The number of carbonyl (C=O) groups is 1. The van der Waals surface area contributed by atoms with Crippen molar-refractivity contribution >= 4 is 11.9 Å². The van der Waals surface area contributed by atoms with Crippen LogP contribution in [0.1, 0.15) is 46.0 Å². The molecular weight excluding hydrogens is 321 g/mol. The lowest BCUT2D eigenvalue weighted by atomic mass is 9.97. The molecule has 0 heterocycles. The molecule has 0 radical (unpaired) electrons. The Labute approximate surface area is 143 Å². The highest BCUT2D eigenvalue weighted by molar-refractivity contribution is 5.86. The standard InChI is InChI=1S/C16H31F3N4O/c1-5-7-9-13(8-6-2)10-21-15(20-3)22-11-14(24)23(4)12-16(17,18)19/h13H,5-12H2,1-4H3,(H2,20,21,22). The van der Waals surface area contributed by atoms with Crippen LogP contribution in [0.15, 0.2) is 4.99 Å². The largest absolute Gasteiger partial charge is 0.406 e. The first-order valence-corrected chi connectivity index (χ1v) is 8.48. The van der Waals surface area contributed by atoms with E-state index in [2.05, 4.69) is 29.5 Å². The van der Waals surface area contributed by atoms with Gasteiger partial charge in [0.15, 0.2) is 5.96 Å². The summed E-state index contributed by atoms with van der Waals surface area (Å²) in [6, 6.07) is 0. The molecule has 0 aromatic heterocycles. The summed E-state index contributed by atoms with van der Waals surface area (Å²) < 4.78 is 36.8. The summed E-state index contributed by atoms with van der Waals surface area (Å²) in [5, 5.41) is 5.92. The molecule has 24 heavy (non-hydrogen) atoms. The van der Waals surface area contributed by atoms with Gasteiger partial charge in [-0.25, -0.2) is 0 Å². The smallest absolute Gasteiger partial charge is 0.356 e. The summed E-state index contributed by atoms with van der Waals surface area (Å²) >= 11 is 0. The number of hydrogen-bond donors (Lipinski definition) is 2. The summed E-state index contributed by atoms with van der Waals surface area (Å²) in [7, 11) is 2.70. The maximum absolute atomic E-state index is 12.3. The lowest BCUT2D eigenvalue weighted by molar-refractivity contribution is -0.157. The number of aliphatic imine (C=N–C) groups is 1. The third-order valence-electron chi connectivity index (χ3n) is 3.69. The number of likely N-dealkylation sites (N-methyl/N-ethyl adjacent to an activating group) is 1. The third kappa shape index (κ3) is 11.1. The van der Waals surface area contributed by atoms with Gasteiger partial charge in [-0.1, -0.05) is 33.1 Å². The lowest BCUT2D eigenvalue weighted by Crippen LogP contribution is -2.46. The maximum Gasteiger partial charge on any atom is 0.406 e. The molecule has 1 amide bonds. The van der Waals surface area contributed by atoms with Crippen LogP contribution in [0.25, 0.3) is 0 Å². The number of amides is 1.